The zero-order valence-corrected chi connectivity index (χ0v) is 15.5. The number of nitro benzene ring substituents is 1. The SMILES string of the molecule is CCCOc1ccc(C(=O)N/N=C/c2cc(OCC)c(O)c([N+](=O)[O-])c2)cc1. The van der Waals surface area contributed by atoms with Gasteiger partial charge in [0, 0.05) is 17.2 Å². The molecule has 1 amide bonds. The summed E-state index contributed by atoms with van der Waals surface area (Å²) in [6, 6.07) is 9.11. The molecular formula is C19H21N3O6. The summed E-state index contributed by atoms with van der Waals surface area (Å²) in [4.78, 5) is 22.5. The van der Waals surface area contributed by atoms with Gasteiger partial charge in [-0.05, 0) is 43.7 Å². The van der Waals surface area contributed by atoms with Crippen LogP contribution in [0.5, 0.6) is 17.2 Å². The Morgan fingerprint density at radius 2 is 1.96 bits per heavy atom. The number of nitrogens with one attached hydrogen (secondary N) is 1. The Morgan fingerprint density at radius 3 is 2.57 bits per heavy atom. The first kappa shape index (κ1) is 20.7. The summed E-state index contributed by atoms with van der Waals surface area (Å²) < 4.78 is 10.6. The summed E-state index contributed by atoms with van der Waals surface area (Å²) in [5.74, 6) is -0.371. The smallest absolute Gasteiger partial charge is 0.315 e. The van der Waals surface area contributed by atoms with Crippen LogP contribution in [0.25, 0.3) is 0 Å². The summed E-state index contributed by atoms with van der Waals surface area (Å²) in [6.45, 7) is 4.50. The van der Waals surface area contributed by atoms with Crippen molar-refractivity contribution in [3.63, 3.8) is 0 Å². The van der Waals surface area contributed by atoms with Crippen molar-refractivity contribution >= 4 is 17.8 Å². The number of phenols is 1. The van der Waals surface area contributed by atoms with E-state index in [-0.39, 0.29) is 17.9 Å². The molecule has 2 N–H and O–H groups in total. The maximum Gasteiger partial charge on any atom is 0.315 e. The van der Waals surface area contributed by atoms with Crippen LogP contribution >= 0.6 is 0 Å². The zero-order valence-electron chi connectivity index (χ0n) is 15.5. The topological polar surface area (TPSA) is 123 Å². The van der Waals surface area contributed by atoms with Crippen molar-refractivity contribution in [2.75, 3.05) is 13.2 Å². The molecule has 0 aliphatic rings. The van der Waals surface area contributed by atoms with Crippen LogP contribution in [0.2, 0.25) is 0 Å². The van der Waals surface area contributed by atoms with Gasteiger partial charge < -0.3 is 14.6 Å². The molecule has 0 aliphatic carbocycles. The second kappa shape index (κ2) is 9.91. The molecule has 0 aromatic heterocycles. The van der Waals surface area contributed by atoms with Crippen molar-refractivity contribution in [1.82, 2.24) is 5.43 Å². The molecule has 0 aliphatic heterocycles. The lowest BCUT2D eigenvalue weighted by molar-refractivity contribution is -0.386. The van der Waals surface area contributed by atoms with Gasteiger partial charge in [-0.3, -0.25) is 14.9 Å². The van der Waals surface area contributed by atoms with Crippen molar-refractivity contribution < 1.29 is 24.3 Å². The maximum atomic E-state index is 12.1. The van der Waals surface area contributed by atoms with Crippen LogP contribution in [0, 0.1) is 10.1 Å². The number of hydrogen-bond acceptors (Lipinski definition) is 7. The zero-order chi connectivity index (χ0) is 20.5. The lowest BCUT2D eigenvalue weighted by Gasteiger charge is -2.07. The van der Waals surface area contributed by atoms with E-state index in [0.717, 1.165) is 12.5 Å². The van der Waals surface area contributed by atoms with Gasteiger partial charge in [0.1, 0.15) is 5.75 Å². The van der Waals surface area contributed by atoms with Gasteiger partial charge >= 0.3 is 5.69 Å². The first-order valence-corrected chi connectivity index (χ1v) is 8.66. The fourth-order valence-corrected chi connectivity index (χ4v) is 2.25. The molecule has 0 radical (unpaired) electrons. The lowest BCUT2D eigenvalue weighted by atomic mass is 10.2. The van der Waals surface area contributed by atoms with Crippen LogP contribution in [0.4, 0.5) is 5.69 Å². The normalized spacial score (nSPS) is 10.6. The van der Waals surface area contributed by atoms with E-state index in [9.17, 15) is 20.0 Å². The van der Waals surface area contributed by atoms with Crippen LogP contribution < -0.4 is 14.9 Å². The molecule has 0 saturated heterocycles. The van der Waals surface area contributed by atoms with Crippen molar-refractivity contribution in [3.05, 3.63) is 57.6 Å². The minimum Gasteiger partial charge on any atom is -0.500 e. The highest BCUT2D eigenvalue weighted by Gasteiger charge is 2.19. The second-order valence-electron chi connectivity index (χ2n) is 5.65. The predicted molar refractivity (Wildman–Crippen MR) is 103 cm³/mol. The third-order valence-electron chi connectivity index (χ3n) is 3.54. The summed E-state index contributed by atoms with van der Waals surface area (Å²) >= 11 is 0. The van der Waals surface area contributed by atoms with Gasteiger partial charge in [0.2, 0.25) is 5.75 Å². The summed E-state index contributed by atoms with van der Waals surface area (Å²) in [5.41, 5.74) is 2.50. The van der Waals surface area contributed by atoms with Gasteiger partial charge in [-0.25, -0.2) is 5.43 Å². The summed E-state index contributed by atoms with van der Waals surface area (Å²) in [5, 5.41) is 24.7. The molecule has 2 rings (SSSR count). The molecule has 28 heavy (non-hydrogen) atoms. The summed E-state index contributed by atoms with van der Waals surface area (Å²) in [7, 11) is 0. The number of carbonyl (C=O) groups excluding carboxylic acids is 1. The van der Waals surface area contributed by atoms with E-state index in [1.54, 1.807) is 31.2 Å². The Kier molecular flexibility index (Phi) is 7.32. The Bertz CT molecular complexity index is 865. The third-order valence-corrected chi connectivity index (χ3v) is 3.54. The molecule has 0 fully saturated rings. The third kappa shape index (κ3) is 5.44. The number of rotatable bonds is 9. The minimum absolute atomic E-state index is 0.0351. The average molecular weight is 387 g/mol. The number of carbonyl (C=O) groups is 1. The van der Waals surface area contributed by atoms with Crippen molar-refractivity contribution in [2.24, 2.45) is 5.10 Å². The van der Waals surface area contributed by atoms with E-state index < -0.39 is 22.3 Å². The molecule has 148 valence electrons. The van der Waals surface area contributed by atoms with Crippen LogP contribution in [0.3, 0.4) is 0 Å². The predicted octanol–water partition coefficient (Wildman–Crippen LogP) is 3.25. The fraction of sp³-hybridized carbons (Fsp3) is 0.263. The van der Waals surface area contributed by atoms with Gasteiger partial charge in [-0.15, -0.1) is 0 Å². The van der Waals surface area contributed by atoms with Crippen LogP contribution in [0.1, 0.15) is 36.2 Å². The second-order valence-corrected chi connectivity index (χ2v) is 5.65. The molecule has 0 unspecified atom stereocenters. The first-order chi connectivity index (χ1) is 13.5. The van der Waals surface area contributed by atoms with Crippen LogP contribution in [-0.2, 0) is 0 Å². The number of nitrogens with zero attached hydrogens (tertiary/aromatic N) is 2. The van der Waals surface area contributed by atoms with Gasteiger partial charge in [0.05, 0.1) is 24.4 Å². The van der Waals surface area contributed by atoms with E-state index in [2.05, 4.69) is 10.5 Å². The number of hydrazone groups is 1. The maximum absolute atomic E-state index is 12.1. The molecule has 0 spiro atoms. The molecule has 2 aromatic rings. The first-order valence-electron chi connectivity index (χ1n) is 8.66. The highest BCUT2D eigenvalue weighted by atomic mass is 16.6. The van der Waals surface area contributed by atoms with E-state index in [4.69, 9.17) is 9.47 Å². The van der Waals surface area contributed by atoms with Gasteiger partial charge in [-0.1, -0.05) is 6.92 Å². The van der Waals surface area contributed by atoms with Crippen molar-refractivity contribution in [3.8, 4) is 17.2 Å². The number of nitro groups is 1. The van der Waals surface area contributed by atoms with Gasteiger partial charge in [0.25, 0.3) is 5.91 Å². The van der Waals surface area contributed by atoms with Gasteiger partial charge in [-0.2, -0.15) is 5.10 Å². The molecular weight excluding hydrogens is 366 g/mol. The Morgan fingerprint density at radius 1 is 1.25 bits per heavy atom. The number of ether oxygens (including phenoxy) is 2. The average Bonchev–Trinajstić information content (AvgIpc) is 2.68. The minimum atomic E-state index is -0.726. The molecule has 9 nitrogen and oxygen atoms in total. The molecule has 0 atom stereocenters. The number of benzene rings is 2. The van der Waals surface area contributed by atoms with Crippen molar-refractivity contribution in [1.29, 1.82) is 0 Å². The Hall–Kier alpha value is -3.62. The monoisotopic (exact) mass is 387 g/mol. The lowest BCUT2D eigenvalue weighted by Crippen LogP contribution is -2.17. The number of aromatic hydroxyl groups is 1. The van der Waals surface area contributed by atoms with E-state index in [0.29, 0.717) is 17.9 Å². The number of hydrogen-bond donors (Lipinski definition) is 2. The van der Waals surface area contributed by atoms with E-state index >= 15 is 0 Å². The Labute approximate surface area is 161 Å². The van der Waals surface area contributed by atoms with Crippen LogP contribution in [-0.4, -0.2) is 35.4 Å². The number of amides is 1. The molecule has 0 bridgehead atoms. The fourth-order valence-electron chi connectivity index (χ4n) is 2.25. The molecule has 2 aromatic carbocycles. The standard InChI is InChI=1S/C19H21N3O6/c1-3-9-28-15-7-5-14(6-8-15)19(24)21-20-12-13-10-16(22(25)26)18(23)17(11-13)27-4-2/h5-8,10-12,23H,3-4,9H2,1-2H3,(H,21,24)/b20-12+. The largest absolute Gasteiger partial charge is 0.500 e. The highest BCUT2D eigenvalue weighted by Crippen LogP contribution is 2.36. The van der Waals surface area contributed by atoms with Gasteiger partial charge in [0.15, 0.2) is 5.75 Å². The molecule has 9 heteroatoms. The summed E-state index contributed by atoms with van der Waals surface area (Å²) in [6.07, 6.45) is 2.11. The molecule has 0 heterocycles. The Balaban J connectivity index is 2.09. The molecule has 0 saturated carbocycles. The number of phenolic OH excluding ortho intramolecular Hbond substituents is 1. The highest BCUT2D eigenvalue weighted by molar-refractivity contribution is 5.95. The van der Waals surface area contributed by atoms with E-state index in [1.165, 1.54) is 12.3 Å². The van der Waals surface area contributed by atoms with E-state index in [1.807, 2.05) is 6.92 Å². The van der Waals surface area contributed by atoms with Crippen LogP contribution in [0.15, 0.2) is 41.5 Å². The van der Waals surface area contributed by atoms with Crippen molar-refractivity contribution in [2.45, 2.75) is 20.3 Å². The quantitative estimate of drug-likeness (QED) is 0.387.